The Hall–Kier alpha value is -2.83. The summed E-state index contributed by atoms with van der Waals surface area (Å²) < 4.78 is 0. The molecule has 0 fully saturated rings. The van der Waals surface area contributed by atoms with E-state index in [1.807, 2.05) is 0 Å². The van der Waals surface area contributed by atoms with Gasteiger partial charge in [-0.15, -0.1) is 0 Å². The zero-order valence-corrected chi connectivity index (χ0v) is 11.0. The SMILES string of the molecule is CN(C)C(=O)N=c1c(=O)c(=O)c2ccccc2c1=NN. The maximum atomic E-state index is 12.0. The van der Waals surface area contributed by atoms with E-state index in [4.69, 9.17) is 5.84 Å². The van der Waals surface area contributed by atoms with Gasteiger partial charge in [-0.3, -0.25) is 9.59 Å². The van der Waals surface area contributed by atoms with Crippen molar-refractivity contribution in [3.63, 3.8) is 0 Å². The molecule has 2 N–H and O–H groups in total. The van der Waals surface area contributed by atoms with Crippen LogP contribution in [0.2, 0.25) is 0 Å². The van der Waals surface area contributed by atoms with Gasteiger partial charge in [0.2, 0.25) is 5.43 Å². The van der Waals surface area contributed by atoms with Crippen LogP contribution in [0.15, 0.2) is 43.9 Å². The Balaban J connectivity index is 3.08. The summed E-state index contributed by atoms with van der Waals surface area (Å²) in [4.78, 5) is 40.5. The standard InChI is InChI=1S/C13H12N4O3/c1-17(2)13(20)15-10-9(16-14)7-5-3-4-6-8(7)11(18)12(10)19/h3-6H,14H2,1-2H3. The van der Waals surface area contributed by atoms with Gasteiger partial charge >= 0.3 is 6.03 Å². The molecule has 0 aliphatic heterocycles. The van der Waals surface area contributed by atoms with E-state index in [1.165, 1.54) is 25.1 Å². The molecule has 0 radical (unpaired) electrons. The van der Waals surface area contributed by atoms with Crippen LogP contribution >= 0.6 is 0 Å². The lowest BCUT2D eigenvalue weighted by Crippen LogP contribution is -2.49. The number of nitrogens with two attached hydrogens (primary N) is 1. The van der Waals surface area contributed by atoms with Crippen LogP contribution in [0.3, 0.4) is 0 Å². The molecule has 2 aromatic carbocycles. The third kappa shape index (κ3) is 2.09. The van der Waals surface area contributed by atoms with E-state index in [2.05, 4.69) is 10.1 Å². The molecule has 0 atom stereocenters. The number of hydrogen-bond acceptors (Lipinski definition) is 5. The van der Waals surface area contributed by atoms with Crippen LogP contribution in [-0.4, -0.2) is 25.0 Å². The van der Waals surface area contributed by atoms with Crippen LogP contribution in [-0.2, 0) is 0 Å². The van der Waals surface area contributed by atoms with Crippen molar-refractivity contribution in [2.24, 2.45) is 15.9 Å². The minimum atomic E-state index is -0.886. The Labute approximate surface area is 113 Å². The predicted octanol–water partition coefficient (Wildman–Crippen LogP) is -1.21. The molecule has 2 rings (SSSR count). The Kier molecular flexibility index (Phi) is 3.43. The molecule has 0 unspecified atom stereocenters. The van der Waals surface area contributed by atoms with Crippen molar-refractivity contribution < 1.29 is 4.79 Å². The summed E-state index contributed by atoms with van der Waals surface area (Å²) in [5.41, 5.74) is -1.61. The van der Waals surface area contributed by atoms with Gasteiger partial charge < -0.3 is 10.7 Å². The fourth-order valence-electron chi connectivity index (χ4n) is 1.78. The lowest BCUT2D eigenvalue weighted by Gasteiger charge is -2.04. The molecule has 0 aliphatic carbocycles. The number of carbonyl (C=O) groups is 1. The van der Waals surface area contributed by atoms with Crippen molar-refractivity contribution in [1.82, 2.24) is 4.90 Å². The molecular formula is C13H12N4O3. The lowest BCUT2D eigenvalue weighted by molar-refractivity contribution is 0.226. The third-order valence-corrected chi connectivity index (χ3v) is 2.79. The minimum Gasteiger partial charge on any atom is -0.329 e. The molecule has 7 heteroatoms. The molecule has 2 aromatic rings. The monoisotopic (exact) mass is 272 g/mol. The average Bonchev–Trinajstić information content (AvgIpc) is 2.44. The summed E-state index contributed by atoms with van der Waals surface area (Å²) in [6, 6.07) is 5.75. The first-order valence-corrected chi connectivity index (χ1v) is 5.74. The van der Waals surface area contributed by atoms with Gasteiger partial charge in [-0.25, -0.2) is 4.79 Å². The highest BCUT2D eigenvalue weighted by Gasteiger charge is 2.11. The van der Waals surface area contributed by atoms with Crippen molar-refractivity contribution in [3.05, 3.63) is 55.4 Å². The van der Waals surface area contributed by atoms with Crippen LogP contribution in [0.1, 0.15) is 0 Å². The summed E-state index contributed by atoms with van der Waals surface area (Å²) in [5.74, 6) is 5.29. The highest BCUT2D eigenvalue weighted by molar-refractivity contribution is 5.82. The van der Waals surface area contributed by atoms with Gasteiger partial charge in [0, 0.05) is 24.9 Å². The first-order chi connectivity index (χ1) is 9.47. The minimum absolute atomic E-state index is 0.0420. The van der Waals surface area contributed by atoms with E-state index in [0.29, 0.717) is 5.39 Å². The predicted molar refractivity (Wildman–Crippen MR) is 73.3 cm³/mol. The van der Waals surface area contributed by atoms with Crippen LogP contribution in [0.5, 0.6) is 0 Å². The van der Waals surface area contributed by atoms with Crippen LogP contribution in [0, 0.1) is 0 Å². The molecule has 0 bridgehead atoms. The number of hydrogen-bond donors (Lipinski definition) is 1. The van der Waals surface area contributed by atoms with Gasteiger partial charge in [-0.2, -0.15) is 10.1 Å². The van der Waals surface area contributed by atoms with Crippen molar-refractivity contribution in [2.45, 2.75) is 0 Å². The molecule has 102 valence electrons. The molecule has 0 saturated heterocycles. The molecule has 0 aliphatic rings. The van der Waals surface area contributed by atoms with Gasteiger partial charge in [0.25, 0.3) is 5.43 Å². The largest absolute Gasteiger partial charge is 0.343 e. The van der Waals surface area contributed by atoms with Gasteiger partial charge in [-0.05, 0) is 0 Å². The third-order valence-electron chi connectivity index (χ3n) is 2.79. The summed E-state index contributed by atoms with van der Waals surface area (Å²) in [7, 11) is 2.96. The number of fused-ring (bicyclic) bond motifs is 1. The van der Waals surface area contributed by atoms with E-state index >= 15 is 0 Å². The van der Waals surface area contributed by atoms with Crippen molar-refractivity contribution >= 4 is 16.8 Å². The fraction of sp³-hybridized carbons (Fsp3) is 0.154. The smallest absolute Gasteiger partial charge is 0.329 e. The zero-order valence-electron chi connectivity index (χ0n) is 11.0. The first kappa shape index (κ1) is 13.6. The topological polar surface area (TPSA) is 105 Å². The molecule has 0 saturated carbocycles. The summed E-state index contributed by atoms with van der Waals surface area (Å²) in [6.07, 6.45) is 0. The normalized spacial score (nSPS) is 12.9. The van der Waals surface area contributed by atoms with E-state index < -0.39 is 16.9 Å². The van der Waals surface area contributed by atoms with Gasteiger partial charge in [-0.1, -0.05) is 24.3 Å². The quantitative estimate of drug-likeness (QED) is 0.369. The molecule has 7 nitrogen and oxygen atoms in total. The zero-order chi connectivity index (χ0) is 14.9. The lowest BCUT2D eigenvalue weighted by atomic mass is 10.1. The Bertz CT molecular complexity index is 906. The molecule has 2 amide bonds. The summed E-state index contributed by atoms with van der Waals surface area (Å²) in [6.45, 7) is 0. The van der Waals surface area contributed by atoms with Crippen LogP contribution in [0.25, 0.3) is 10.8 Å². The average molecular weight is 272 g/mol. The van der Waals surface area contributed by atoms with E-state index in [9.17, 15) is 14.4 Å². The number of amides is 2. The van der Waals surface area contributed by atoms with Gasteiger partial charge in [0.05, 0.1) is 0 Å². The second-order valence-corrected chi connectivity index (χ2v) is 4.32. The summed E-state index contributed by atoms with van der Waals surface area (Å²) in [5, 5.41) is 3.83. The molecule has 0 spiro atoms. The number of benzene rings is 2. The van der Waals surface area contributed by atoms with Gasteiger partial charge in [0.1, 0.15) is 10.7 Å². The number of rotatable bonds is 0. The van der Waals surface area contributed by atoms with Crippen molar-refractivity contribution in [2.75, 3.05) is 14.1 Å². The number of nitrogens with zero attached hydrogens (tertiary/aromatic N) is 3. The molecule has 0 heterocycles. The Morgan fingerprint density at radius 3 is 2.20 bits per heavy atom. The highest BCUT2D eigenvalue weighted by Crippen LogP contribution is 2.00. The molecule has 20 heavy (non-hydrogen) atoms. The maximum Gasteiger partial charge on any atom is 0.343 e. The van der Waals surface area contributed by atoms with E-state index in [-0.39, 0.29) is 16.1 Å². The Morgan fingerprint density at radius 2 is 1.65 bits per heavy atom. The molecule has 0 aromatic heterocycles. The van der Waals surface area contributed by atoms with Crippen LogP contribution in [0.4, 0.5) is 4.79 Å². The van der Waals surface area contributed by atoms with Crippen molar-refractivity contribution in [1.29, 1.82) is 0 Å². The van der Waals surface area contributed by atoms with E-state index in [1.54, 1.807) is 18.2 Å². The van der Waals surface area contributed by atoms with Gasteiger partial charge in [0.15, 0.2) is 0 Å². The van der Waals surface area contributed by atoms with Crippen molar-refractivity contribution in [3.8, 4) is 0 Å². The number of urea groups is 1. The second kappa shape index (κ2) is 5.04. The first-order valence-electron chi connectivity index (χ1n) is 5.74. The Morgan fingerprint density at radius 1 is 1.05 bits per heavy atom. The summed E-state index contributed by atoms with van der Waals surface area (Å²) >= 11 is 0. The second-order valence-electron chi connectivity index (χ2n) is 4.32. The highest BCUT2D eigenvalue weighted by atomic mass is 16.2. The molecular weight excluding hydrogens is 260 g/mol. The van der Waals surface area contributed by atoms with Crippen LogP contribution < -0.4 is 27.4 Å². The fourth-order valence-corrected chi connectivity index (χ4v) is 1.78. The maximum absolute atomic E-state index is 12.0. The number of carbonyl (C=O) groups excluding carboxylic acids is 1. The van der Waals surface area contributed by atoms with E-state index in [0.717, 1.165) is 0 Å².